The molecule has 1 heterocycles. The van der Waals surface area contributed by atoms with Crippen LogP contribution in [0.2, 0.25) is 0 Å². The Morgan fingerprint density at radius 2 is 0.550 bits per heavy atom. The second-order valence-electron chi connectivity index (χ2n) is 13.4. The third kappa shape index (κ3) is 17.3. The molecule has 0 atom stereocenters. The topological polar surface area (TPSA) is 64.6 Å². The van der Waals surface area contributed by atoms with Gasteiger partial charge in [0.15, 0.2) is 0 Å². The van der Waals surface area contributed by atoms with Gasteiger partial charge in [-0.1, -0.05) is 91.0 Å². The van der Waals surface area contributed by atoms with Crippen LogP contribution < -0.4 is 81.0 Å². The molecule has 0 saturated carbocycles. The first kappa shape index (κ1) is 50.1. The van der Waals surface area contributed by atoms with Gasteiger partial charge in [-0.05, 0) is 0 Å². The van der Waals surface area contributed by atoms with E-state index in [2.05, 4.69) is 173 Å². The van der Waals surface area contributed by atoms with Gasteiger partial charge >= 0.3 is 170 Å². The summed E-state index contributed by atoms with van der Waals surface area (Å²) in [6.07, 6.45) is -1.51. The molecule has 6 aromatic carbocycles. The van der Waals surface area contributed by atoms with Crippen LogP contribution in [-0.2, 0) is 33.1 Å². The van der Waals surface area contributed by atoms with E-state index in [1.165, 1.54) is 13.2 Å². The van der Waals surface area contributed by atoms with Gasteiger partial charge in [-0.25, -0.2) is 0 Å². The van der Waals surface area contributed by atoms with E-state index in [9.17, 15) is 0 Å². The van der Waals surface area contributed by atoms with Gasteiger partial charge in [-0.3, -0.25) is 0 Å². The first-order valence-corrected chi connectivity index (χ1v) is 24.0. The Hall–Kier alpha value is -2.55. The molecule has 1 aliphatic heterocycles. The zero-order chi connectivity index (χ0) is 40.9. The molecule has 0 bridgehead atoms. The average molecular weight is 910 g/mol. The first-order chi connectivity index (χ1) is 29.3. The fraction of sp³-hybridized carbons (Fsp3) is 0.245. The summed E-state index contributed by atoms with van der Waals surface area (Å²) in [7, 11) is 3.40. The van der Waals surface area contributed by atoms with E-state index in [4.69, 9.17) is 33.1 Å². The van der Waals surface area contributed by atoms with Crippen LogP contribution in [0.25, 0.3) is 0 Å². The molecule has 11 heteroatoms. The Morgan fingerprint density at radius 1 is 0.350 bits per heavy atom. The maximum atomic E-state index is 6.24. The predicted octanol–water partition coefficient (Wildman–Crippen LogP) is 1.88. The molecule has 1 fully saturated rings. The third-order valence-corrected chi connectivity index (χ3v) is 15.4. The van der Waals surface area contributed by atoms with Crippen LogP contribution >= 0.6 is 8.86 Å². The van der Waals surface area contributed by atoms with E-state index in [1.807, 2.05) is 18.2 Å². The molecule has 6 aromatic rings. The summed E-state index contributed by atoms with van der Waals surface area (Å²) in [4.78, 5) is 0. The molecular weight excluding hydrogens is 854 g/mol. The molecule has 0 amide bonds. The number of rotatable bonds is 8. The van der Waals surface area contributed by atoms with Crippen molar-refractivity contribution in [2.45, 2.75) is 0 Å². The molecule has 0 spiro atoms. The van der Waals surface area contributed by atoms with Crippen LogP contribution in [0.15, 0.2) is 182 Å². The summed E-state index contributed by atoms with van der Waals surface area (Å²) in [5.74, 6) is 1.60. The summed E-state index contributed by atoms with van der Waals surface area (Å²) < 4.78 is 42.7. The zero-order valence-electron chi connectivity index (χ0n) is 34.8. The maximum absolute atomic E-state index is 6.24. The van der Waals surface area contributed by atoms with Crippen molar-refractivity contribution in [2.24, 2.45) is 0 Å². The normalized spacial score (nSPS) is 14.6. The van der Waals surface area contributed by atoms with Gasteiger partial charge in [-0.15, -0.1) is 8.86 Å². The molecule has 0 unspecified atom stereocenters. The molecule has 60 heavy (non-hydrogen) atoms. The number of benzene rings is 6. The van der Waals surface area contributed by atoms with E-state index in [-0.39, 0.29) is 51.4 Å². The van der Waals surface area contributed by atoms with Gasteiger partial charge in [-0.2, -0.15) is 16.4 Å². The van der Waals surface area contributed by atoms with E-state index in [0.717, 1.165) is 16.4 Å². The standard InChI is InChI=1S/C19H17BOP.C18H15Ge.C12H24O6.K/c22-16-21-20(17-10-4-1-5-11-17,18-12-6-2-7-13-18)19-14-8-3-9-15-19;1-4-10-16(11-5-1)19(17-12-6-2-7-13-17)18-14-8-3-9-15-18;1-2-14-5-6-16-9-10-18-12-11-17-8-7-15-4-3-13-1;/h1-16,22H;1-15H;1-12H2;/q-1;;;+1. The molecule has 307 valence electrons. The summed E-state index contributed by atoms with van der Waals surface area (Å²) in [5, 5.41) is 0. The van der Waals surface area contributed by atoms with Crippen molar-refractivity contribution in [1.82, 2.24) is 0 Å². The Kier molecular flexibility index (Phi) is 26.2. The quantitative estimate of drug-likeness (QED) is 0.171. The van der Waals surface area contributed by atoms with Crippen LogP contribution in [0.1, 0.15) is 0 Å². The molecular formula is C49H56BGeKO7P. The molecule has 0 N–H and O–H groups in total. The Bertz CT molecular complexity index is 1670. The van der Waals surface area contributed by atoms with E-state index in [0.29, 0.717) is 79.3 Å². The first-order valence-electron chi connectivity index (χ1n) is 20.3. The van der Waals surface area contributed by atoms with Gasteiger partial charge in [0, 0.05) is 5.98 Å². The van der Waals surface area contributed by atoms with Crippen LogP contribution in [0, 0.1) is 0 Å². The van der Waals surface area contributed by atoms with E-state index in [1.54, 1.807) is 5.98 Å². The average Bonchev–Trinajstić information content (AvgIpc) is 3.31. The molecule has 7 nitrogen and oxygen atoms in total. The van der Waals surface area contributed by atoms with Crippen molar-refractivity contribution in [3.8, 4) is 0 Å². The van der Waals surface area contributed by atoms with Crippen molar-refractivity contribution in [3.05, 3.63) is 182 Å². The second kappa shape index (κ2) is 31.3. The molecule has 1 radical (unpaired) electrons. The van der Waals surface area contributed by atoms with Gasteiger partial charge < -0.3 is 33.1 Å². The van der Waals surface area contributed by atoms with Crippen LogP contribution in [-0.4, -0.2) is 106 Å². The van der Waals surface area contributed by atoms with Crippen LogP contribution in [0.3, 0.4) is 0 Å². The SMILES string of the molecule is C1COCCOCCOCCOCCOCCO1.P=CO[B-](c1ccccc1)(c1ccccc1)c1ccccc1.[K+].c1cc[c]([Ge]([c]2ccccc2)[c]2ccccc2)cc1. The Morgan fingerprint density at radius 3 is 0.750 bits per heavy atom. The summed E-state index contributed by atoms with van der Waals surface area (Å²) in [6.45, 7) is 7.04. The summed E-state index contributed by atoms with van der Waals surface area (Å²) in [6, 6.07) is 63.9. The molecule has 7 rings (SSSR count). The number of hydrogen-bond donors (Lipinski definition) is 0. The third-order valence-electron chi connectivity index (χ3n) is 9.50. The minimum atomic E-state index is -1.63. The molecule has 0 aliphatic carbocycles. The molecule has 0 aromatic heterocycles. The van der Waals surface area contributed by atoms with Gasteiger partial charge in [0.05, 0.1) is 79.3 Å². The summed E-state index contributed by atoms with van der Waals surface area (Å²) in [5.41, 5.74) is 3.44. The second-order valence-corrected chi connectivity index (χ2v) is 18.9. The van der Waals surface area contributed by atoms with Crippen LogP contribution in [0.5, 0.6) is 0 Å². The Balaban J connectivity index is 0.000000198. The van der Waals surface area contributed by atoms with Crippen molar-refractivity contribution in [3.63, 3.8) is 0 Å². The number of ether oxygens (including phenoxy) is 6. The van der Waals surface area contributed by atoms with Crippen molar-refractivity contribution in [2.75, 3.05) is 79.3 Å². The van der Waals surface area contributed by atoms with Gasteiger partial charge in [0.2, 0.25) is 6.35 Å². The van der Waals surface area contributed by atoms with Crippen molar-refractivity contribution >= 4 is 65.1 Å². The van der Waals surface area contributed by atoms with Gasteiger partial charge in [0.1, 0.15) is 0 Å². The predicted molar refractivity (Wildman–Crippen MR) is 248 cm³/mol. The van der Waals surface area contributed by atoms with E-state index < -0.39 is 20.7 Å². The van der Waals surface area contributed by atoms with Crippen LogP contribution in [0.4, 0.5) is 0 Å². The van der Waals surface area contributed by atoms with Gasteiger partial charge in [0.25, 0.3) is 0 Å². The van der Waals surface area contributed by atoms with E-state index >= 15 is 0 Å². The Labute approximate surface area is 406 Å². The fourth-order valence-corrected chi connectivity index (χ4v) is 12.3. The fourth-order valence-electron chi connectivity index (χ4n) is 6.72. The molecule has 1 aliphatic rings. The number of hydrogen-bond acceptors (Lipinski definition) is 7. The monoisotopic (exact) mass is 911 g/mol. The molecule has 1 saturated heterocycles. The summed E-state index contributed by atoms with van der Waals surface area (Å²) >= 11 is -1.63. The van der Waals surface area contributed by atoms with Crippen molar-refractivity contribution in [1.29, 1.82) is 0 Å². The van der Waals surface area contributed by atoms with Crippen molar-refractivity contribution < 1.29 is 84.5 Å². The minimum absolute atomic E-state index is 0. The zero-order valence-corrected chi connectivity index (χ0v) is 41.0.